The molecule has 2 unspecified atom stereocenters. The predicted octanol–water partition coefficient (Wildman–Crippen LogP) is 4.45. The molecule has 0 aromatic carbocycles. The number of nitrogens with one attached hydrogen (secondary N) is 1. The van der Waals surface area contributed by atoms with Crippen LogP contribution in [0.4, 0.5) is 31.5 Å². The largest absolute Gasteiger partial charge is 0.445 e. The zero-order valence-corrected chi connectivity index (χ0v) is 13.7. The first kappa shape index (κ1) is 19.0. The molecule has 1 saturated carbocycles. The maximum absolute atomic E-state index is 12.5. The Balaban J connectivity index is 2.09. The molecule has 0 saturated heterocycles. The van der Waals surface area contributed by atoms with Gasteiger partial charge in [-0.2, -0.15) is 26.3 Å². The monoisotopic (exact) mass is 393 g/mol. The Hall–Kier alpha value is -1.36. The lowest BCUT2D eigenvalue weighted by molar-refractivity contribution is -0.138. The van der Waals surface area contributed by atoms with E-state index in [0.717, 1.165) is 6.08 Å². The summed E-state index contributed by atoms with van der Waals surface area (Å²) in [4.78, 5) is 12.1. The first-order valence-electron chi connectivity index (χ1n) is 6.40. The molecule has 1 aliphatic carbocycles. The number of rotatable bonds is 3. The molecule has 1 N–H and O–H groups in total. The van der Waals surface area contributed by atoms with Crippen LogP contribution in [-0.2, 0) is 11.0 Å². The molecular weight excluding hydrogens is 384 g/mol. The van der Waals surface area contributed by atoms with Gasteiger partial charge in [0.15, 0.2) is 0 Å². The molecule has 1 heterocycles. The second-order valence-corrected chi connectivity index (χ2v) is 7.12. The molecule has 134 valence electrons. The Labute approximate surface area is 140 Å². The first-order valence-corrected chi connectivity index (χ1v) is 7.60. The summed E-state index contributed by atoms with van der Waals surface area (Å²) in [6.07, 6.45) is -8.67. The highest BCUT2D eigenvalue weighted by Gasteiger charge is 2.61. The zero-order valence-electron chi connectivity index (χ0n) is 12.1. The van der Waals surface area contributed by atoms with Gasteiger partial charge in [-0.05, 0) is 11.3 Å². The van der Waals surface area contributed by atoms with Crippen molar-refractivity contribution >= 4 is 34.0 Å². The van der Waals surface area contributed by atoms with Crippen molar-refractivity contribution < 1.29 is 31.1 Å². The van der Waals surface area contributed by atoms with Crippen LogP contribution in [0.3, 0.4) is 0 Å². The van der Waals surface area contributed by atoms with Crippen molar-refractivity contribution in [3.8, 4) is 0 Å². The van der Waals surface area contributed by atoms with Crippen LogP contribution in [-0.4, -0.2) is 22.3 Å². The van der Waals surface area contributed by atoms with Crippen molar-refractivity contribution in [2.24, 2.45) is 17.3 Å². The van der Waals surface area contributed by atoms with Gasteiger partial charge in [-0.1, -0.05) is 42.9 Å². The summed E-state index contributed by atoms with van der Waals surface area (Å²) in [6, 6.07) is 0. The number of carbonyl (C=O) groups excluding carboxylic acids is 1. The number of hydrogen-bond donors (Lipinski definition) is 1. The zero-order chi connectivity index (χ0) is 18.5. The number of halogens is 7. The molecular formula is C12H10ClF6N3OS. The number of carbonyl (C=O) groups is 1. The summed E-state index contributed by atoms with van der Waals surface area (Å²) in [5.41, 5.74) is -0.812. The van der Waals surface area contributed by atoms with Crippen molar-refractivity contribution in [1.29, 1.82) is 0 Å². The maximum atomic E-state index is 12.5. The van der Waals surface area contributed by atoms with Gasteiger partial charge in [-0.15, -0.1) is 10.2 Å². The number of amides is 1. The summed E-state index contributed by atoms with van der Waals surface area (Å²) in [7, 11) is 0. The smallest absolute Gasteiger partial charge is 0.300 e. The normalized spacial score (nSPS) is 24.0. The summed E-state index contributed by atoms with van der Waals surface area (Å²) in [5.74, 6) is -2.40. The fourth-order valence-corrected chi connectivity index (χ4v) is 3.06. The van der Waals surface area contributed by atoms with Gasteiger partial charge in [0, 0.05) is 0 Å². The Morgan fingerprint density at radius 1 is 1.25 bits per heavy atom. The van der Waals surface area contributed by atoms with E-state index in [9.17, 15) is 31.1 Å². The number of nitrogens with zero attached hydrogens (tertiary/aromatic N) is 2. The molecule has 0 spiro atoms. The number of hydrogen-bond acceptors (Lipinski definition) is 4. The third kappa shape index (κ3) is 3.82. The van der Waals surface area contributed by atoms with Gasteiger partial charge in [-0.3, -0.25) is 4.79 Å². The Morgan fingerprint density at radius 3 is 2.29 bits per heavy atom. The van der Waals surface area contributed by atoms with Crippen LogP contribution < -0.4 is 5.32 Å². The van der Waals surface area contributed by atoms with Gasteiger partial charge < -0.3 is 5.32 Å². The standard InChI is InChI=1S/C12H10ClF6N3OS/c1-10(2)4(3-5(13)11(14,15)16)6(10)7(23)20-9-22-21-8(24-9)12(17,18)19/h3-4,6H,1-2H3,(H,20,22,23)/b5-3-. The van der Waals surface area contributed by atoms with E-state index in [1.54, 1.807) is 13.8 Å². The number of allylic oxidation sites excluding steroid dienone is 2. The second-order valence-electron chi connectivity index (χ2n) is 5.74. The molecule has 2 rings (SSSR count). The van der Waals surface area contributed by atoms with E-state index in [2.05, 4.69) is 15.5 Å². The van der Waals surface area contributed by atoms with Crippen molar-refractivity contribution in [2.75, 3.05) is 5.32 Å². The Morgan fingerprint density at radius 2 is 1.83 bits per heavy atom. The molecule has 1 aromatic heterocycles. The Kier molecular flexibility index (Phi) is 4.64. The molecule has 2 atom stereocenters. The summed E-state index contributed by atoms with van der Waals surface area (Å²) < 4.78 is 74.6. The predicted molar refractivity (Wildman–Crippen MR) is 74.3 cm³/mol. The molecule has 0 bridgehead atoms. The molecule has 1 aliphatic rings. The highest BCUT2D eigenvalue weighted by atomic mass is 35.5. The summed E-state index contributed by atoms with van der Waals surface area (Å²) >= 11 is 5.29. The molecule has 24 heavy (non-hydrogen) atoms. The van der Waals surface area contributed by atoms with Gasteiger partial charge in [0.25, 0.3) is 0 Å². The SMILES string of the molecule is CC1(C)C(/C=C(\Cl)C(F)(F)F)C1C(=O)Nc1nnc(C(F)(F)F)s1. The van der Waals surface area contributed by atoms with Crippen LogP contribution in [0.25, 0.3) is 0 Å². The third-order valence-electron chi connectivity index (χ3n) is 3.69. The highest BCUT2D eigenvalue weighted by molar-refractivity contribution is 7.15. The quantitative estimate of drug-likeness (QED) is 0.772. The minimum atomic E-state index is -4.72. The van der Waals surface area contributed by atoms with Gasteiger partial charge >= 0.3 is 12.4 Å². The highest BCUT2D eigenvalue weighted by Crippen LogP contribution is 2.60. The van der Waals surface area contributed by atoms with Crippen LogP contribution in [0.5, 0.6) is 0 Å². The summed E-state index contributed by atoms with van der Waals surface area (Å²) in [6.45, 7) is 3.11. The van der Waals surface area contributed by atoms with Gasteiger partial charge in [0.05, 0.1) is 5.92 Å². The van der Waals surface area contributed by atoms with E-state index < -0.39 is 45.6 Å². The van der Waals surface area contributed by atoms with Crippen molar-refractivity contribution in [1.82, 2.24) is 10.2 Å². The van der Waals surface area contributed by atoms with E-state index in [1.165, 1.54) is 0 Å². The van der Waals surface area contributed by atoms with Gasteiger partial charge in [0.1, 0.15) is 5.03 Å². The van der Waals surface area contributed by atoms with Crippen LogP contribution in [0.15, 0.2) is 11.1 Å². The molecule has 1 amide bonds. The average molecular weight is 394 g/mol. The second kappa shape index (κ2) is 5.87. The van der Waals surface area contributed by atoms with E-state index in [4.69, 9.17) is 11.6 Å². The summed E-state index contributed by atoms with van der Waals surface area (Å²) in [5, 5.41) is 5.30. The molecule has 12 heteroatoms. The van der Waals surface area contributed by atoms with Crippen LogP contribution >= 0.6 is 22.9 Å². The average Bonchev–Trinajstić information content (AvgIpc) is 2.74. The minimum absolute atomic E-state index is 0.132. The van der Waals surface area contributed by atoms with Crippen LogP contribution in [0, 0.1) is 17.3 Å². The first-order chi connectivity index (χ1) is 10.7. The third-order valence-corrected chi connectivity index (χ3v) is 4.91. The number of alkyl halides is 6. The number of aromatic nitrogens is 2. The van der Waals surface area contributed by atoms with Crippen LogP contribution in [0.1, 0.15) is 18.9 Å². The van der Waals surface area contributed by atoms with Gasteiger partial charge in [0.2, 0.25) is 16.0 Å². The van der Waals surface area contributed by atoms with Crippen molar-refractivity contribution in [2.45, 2.75) is 26.2 Å². The van der Waals surface area contributed by atoms with E-state index in [1.807, 2.05) is 0 Å². The van der Waals surface area contributed by atoms with E-state index >= 15 is 0 Å². The van der Waals surface area contributed by atoms with Crippen molar-refractivity contribution in [3.63, 3.8) is 0 Å². The minimum Gasteiger partial charge on any atom is -0.300 e. The molecule has 0 aliphatic heterocycles. The van der Waals surface area contributed by atoms with Crippen molar-refractivity contribution in [3.05, 3.63) is 16.1 Å². The lowest BCUT2D eigenvalue weighted by Crippen LogP contribution is -2.16. The number of anilines is 1. The van der Waals surface area contributed by atoms with E-state index in [-0.39, 0.29) is 16.5 Å². The topological polar surface area (TPSA) is 54.9 Å². The molecule has 1 aromatic rings. The van der Waals surface area contributed by atoms with E-state index in [0.29, 0.717) is 0 Å². The fraction of sp³-hybridized carbons (Fsp3) is 0.583. The maximum Gasteiger partial charge on any atom is 0.445 e. The lowest BCUT2D eigenvalue weighted by atomic mass is 10.1. The lowest BCUT2D eigenvalue weighted by Gasteiger charge is -2.04. The molecule has 1 fully saturated rings. The molecule has 0 radical (unpaired) electrons. The van der Waals surface area contributed by atoms with Crippen LogP contribution in [0.2, 0.25) is 0 Å². The molecule has 4 nitrogen and oxygen atoms in total. The van der Waals surface area contributed by atoms with Gasteiger partial charge in [-0.25, -0.2) is 0 Å². The fourth-order valence-electron chi connectivity index (χ4n) is 2.31. The Bertz CT molecular complexity index is 681.